The number of pyridine rings is 1. The number of hydrogen-bond acceptors (Lipinski definition) is 10. The number of anilines is 2. The molecule has 0 saturated heterocycles. The van der Waals surface area contributed by atoms with E-state index < -0.39 is 73.6 Å². The summed E-state index contributed by atoms with van der Waals surface area (Å²) in [4.78, 5) is 68.8. The van der Waals surface area contributed by atoms with E-state index in [-0.39, 0.29) is 29.6 Å². The zero-order valence-electron chi connectivity index (χ0n) is 30.9. The second kappa shape index (κ2) is 15.9. The molecule has 2 aromatic carbocycles. The van der Waals surface area contributed by atoms with Gasteiger partial charge in [0.1, 0.15) is 23.5 Å². The third kappa shape index (κ3) is 9.14. The molecular formula is C37H40F2N6O9S. The summed E-state index contributed by atoms with van der Waals surface area (Å²) in [5, 5.41) is 4.99. The fourth-order valence-electron chi connectivity index (χ4n) is 5.48. The third-order valence-electron chi connectivity index (χ3n) is 8.50. The number of aromatic nitrogens is 3. The van der Waals surface area contributed by atoms with Crippen molar-refractivity contribution in [2.75, 3.05) is 16.6 Å². The van der Waals surface area contributed by atoms with Gasteiger partial charge >= 0.3 is 11.7 Å². The lowest BCUT2D eigenvalue weighted by atomic mass is 9.95. The highest BCUT2D eigenvalue weighted by Gasteiger charge is 2.28. The van der Waals surface area contributed by atoms with Crippen molar-refractivity contribution in [2.24, 2.45) is 12.5 Å². The van der Waals surface area contributed by atoms with Gasteiger partial charge in [-0.05, 0) is 55.8 Å². The van der Waals surface area contributed by atoms with Crippen LogP contribution in [-0.2, 0) is 55.6 Å². The molecule has 292 valence electrons. The molecule has 0 unspecified atom stereocenters. The average molecular weight is 783 g/mol. The molecule has 0 bridgehead atoms. The summed E-state index contributed by atoms with van der Waals surface area (Å²) in [5.74, 6) is -4.98. The second-order valence-corrected chi connectivity index (χ2v) is 15.8. The summed E-state index contributed by atoms with van der Waals surface area (Å²) in [7, 11) is -2.93. The number of amides is 2. The van der Waals surface area contributed by atoms with Crippen LogP contribution in [0, 0.1) is 17.0 Å². The highest BCUT2D eigenvalue weighted by Crippen LogP contribution is 2.25. The lowest BCUT2D eigenvalue weighted by molar-refractivity contribution is -0.149. The lowest BCUT2D eigenvalue weighted by Crippen LogP contribution is -2.44. The van der Waals surface area contributed by atoms with Crippen molar-refractivity contribution in [1.29, 1.82) is 0 Å². The molecule has 3 heterocycles. The molecule has 2 aromatic heterocycles. The highest BCUT2D eigenvalue weighted by atomic mass is 32.2. The second-order valence-electron chi connectivity index (χ2n) is 14.1. The first kappa shape index (κ1) is 40.4. The quantitative estimate of drug-likeness (QED) is 0.190. The number of sulfonamides is 1. The summed E-state index contributed by atoms with van der Waals surface area (Å²) in [6.45, 7) is 8.71. The zero-order valence-corrected chi connectivity index (χ0v) is 31.7. The van der Waals surface area contributed by atoms with E-state index in [0.29, 0.717) is 47.7 Å². The van der Waals surface area contributed by atoms with Gasteiger partial charge in [0, 0.05) is 48.8 Å². The van der Waals surface area contributed by atoms with Crippen molar-refractivity contribution in [3.05, 3.63) is 110 Å². The number of carbonyl (C=O) groups excluding carboxylic acids is 3. The van der Waals surface area contributed by atoms with E-state index >= 15 is 8.78 Å². The Bertz CT molecular complexity index is 2370. The van der Waals surface area contributed by atoms with Crippen LogP contribution in [0.5, 0.6) is 0 Å². The molecule has 15 nitrogen and oxygen atoms in total. The number of nitrogens with one attached hydrogen (secondary N) is 3. The Morgan fingerprint density at radius 2 is 1.71 bits per heavy atom. The topological polar surface area (TPSA) is 197 Å². The SMILES string of the molecule is CC(C)OC(=O)[C@H](Cc1ccc(-n2c(=O)c3c(n(C)c2=O)COCC3)nc1)NC(=O)c1cc(F)c(NS(=O)(=O)c2ccc(NC(=O)C(C)(C)C)cc2)cc1F. The van der Waals surface area contributed by atoms with Crippen LogP contribution in [0.15, 0.2) is 69.2 Å². The van der Waals surface area contributed by atoms with Crippen molar-refractivity contribution in [3.63, 3.8) is 0 Å². The van der Waals surface area contributed by atoms with Gasteiger partial charge < -0.3 is 20.1 Å². The van der Waals surface area contributed by atoms with Crippen LogP contribution in [0.25, 0.3) is 5.82 Å². The standard InChI is InChI=1S/C37H40F2N6O9S/c1-20(2)54-34(48)29(15-21-7-12-31(40-18-21)45-33(47)24-13-14-53-19-30(24)44(6)36(45)50)42-32(46)25-16-27(39)28(17-26(25)38)43-55(51,52)23-10-8-22(9-11-23)41-35(49)37(3,4)5/h7-12,16-18,20,29,43H,13-15,19H2,1-6H3,(H,41,49)(H,42,46)/t29-/m0/s1. The van der Waals surface area contributed by atoms with Crippen LogP contribution in [0.3, 0.4) is 0 Å². The normalized spacial score (nSPS) is 13.5. The highest BCUT2D eigenvalue weighted by molar-refractivity contribution is 7.92. The molecule has 3 N–H and O–H groups in total. The summed E-state index contributed by atoms with van der Waals surface area (Å²) in [6.07, 6.45) is 0.768. The Morgan fingerprint density at radius 3 is 2.33 bits per heavy atom. The predicted molar refractivity (Wildman–Crippen MR) is 196 cm³/mol. The van der Waals surface area contributed by atoms with E-state index in [9.17, 15) is 32.4 Å². The molecule has 0 saturated carbocycles. The minimum Gasteiger partial charge on any atom is -0.461 e. The van der Waals surface area contributed by atoms with Crippen molar-refractivity contribution in [3.8, 4) is 5.82 Å². The Balaban J connectivity index is 1.33. The van der Waals surface area contributed by atoms with Gasteiger partial charge in [-0.15, -0.1) is 0 Å². The van der Waals surface area contributed by atoms with E-state index in [4.69, 9.17) is 9.47 Å². The Morgan fingerprint density at radius 1 is 1.02 bits per heavy atom. The Labute approximate surface area is 314 Å². The largest absolute Gasteiger partial charge is 0.461 e. The minimum atomic E-state index is -4.45. The number of ether oxygens (including phenoxy) is 2. The number of esters is 1. The molecule has 2 amide bonds. The minimum absolute atomic E-state index is 0.0175. The van der Waals surface area contributed by atoms with Gasteiger partial charge in [-0.25, -0.2) is 36.3 Å². The number of hydrogen-bond donors (Lipinski definition) is 3. The smallest absolute Gasteiger partial charge is 0.336 e. The van der Waals surface area contributed by atoms with Gasteiger partial charge in [-0.2, -0.15) is 0 Å². The van der Waals surface area contributed by atoms with Gasteiger partial charge in [0.2, 0.25) is 5.91 Å². The molecular weight excluding hydrogens is 743 g/mol. The van der Waals surface area contributed by atoms with Crippen LogP contribution in [0.2, 0.25) is 0 Å². The molecule has 5 rings (SSSR count). The maximum absolute atomic E-state index is 15.3. The van der Waals surface area contributed by atoms with E-state index in [1.807, 2.05) is 4.72 Å². The Hall–Kier alpha value is -5.75. The fourth-order valence-corrected chi connectivity index (χ4v) is 6.54. The number of rotatable bonds is 11. The third-order valence-corrected chi connectivity index (χ3v) is 9.88. The van der Waals surface area contributed by atoms with Crippen molar-refractivity contribution < 1.29 is 41.1 Å². The first-order valence-corrected chi connectivity index (χ1v) is 18.6. The summed E-state index contributed by atoms with van der Waals surface area (Å²) in [5.41, 5.74) is -1.90. The first-order valence-electron chi connectivity index (χ1n) is 17.1. The van der Waals surface area contributed by atoms with E-state index in [2.05, 4.69) is 15.6 Å². The van der Waals surface area contributed by atoms with Crippen LogP contribution in [0.1, 0.15) is 61.8 Å². The maximum Gasteiger partial charge on any atom is 0.336 e. The molecule has 0 fully saturated rings. The van der Waals surface area contributed by atoms with Gasteiger partial charge in [0.15, 0.2) is 0 Å². The molecule has 1 aliphatic heterocycles. The first-order chi connectivity index (χ1) is 25.8. The monoisotopic (exact) mass is 782 g/mol. The Kier molecular flexibility index (Phi) is 11.7. The van der Waals surface area contributed by atoms with Crippen molar-refractivity contribution in [1.82, 2.24) is 19.4 Å². The maximum atomic E-state index is 15.3. The van der Waals surface area contributed by atoms with Crippen molar-refractivity contribution in [2.45, 2.75) is 71.1 Å². The van der Waals surface area contributed by atoms with E-state index in [1.165, 1.54) is 54.2 Å². The van der Waals surface area contributed by atoms with Gasteiger partial charge in [-0.3, -0.25) is 23.7 Å². The molecule has 1 atom stereocenters. The molecule has 55 heavy (non-hydrogen) atoms. The molecule has 0 aliphatic carbocycles. The molecule has 4 aromatic rings. The predicted octanol–water partition coefficient (Wildman–Crippen LogP) is 3.36. The fraction of sp³-hybridized carbons (Fsp3) is 0.351. The van der Waals surface area contributed by atoms with E-state index in [0.717, 1.165) is 4.57 Å². The lowest BCUT2D eigenvalue weighted by Gasteiger charge is -2.21. The number of fused-ring (bicyclic) bond motifs is 1. The summed E-state index contributed by atoms with van der Waals surface area (Å²) < 4.78 is 71.5. The number of carbonyl (C=O) groups is 3. The molecule has 1 aliphatic rings. The number of benzene rings is 2. The zero-order chi connectivity index (χ0) is 40.4. The van der Waals surface area contributed by atoms with Gasteiger partial charge in [-0.1, -0.05) is 26.8 Å². The summed E-state index contributed by atoms with van der Waals surface area (Å²) >= 11 is 0. The molecule has 18 heteroatoms. The van der Waals surface area contributed by atoms with Gasteiger partial charge in [0.05, 0.1) is 41.2 Å². The number of halogens is 2. The summed E-state index contributed by atoms with van der Waals surface area (Å²) in [6, 6.07) is 7.42. The van der Waals surface area contributed by atoms with Crippen LogP contribution >= 0.6 is 0 Å². The van der Waals surface area contributed by atoms with Gasteiger partial charge in [0.25, 0.3) is 21.5 Å². The van der Waals surface area contributed by atoms with Crippen molar-refractivity contribution >= 4 is 39.2 Å². The molecule has 0 radical (unpaired) electrons. The van der Waals surface area contributed by atoms with Crippen LogP contribution in [-0.4, -0.2) is 59.1 Å². The number of nitrogens with zero attached hydrogens (tertiary/aromatic N) is 3. The van der Waals surface area contributed by atoms with Crippen LogP contribution in [0.4, 0.5) is 20.2 Å². The van der Waals surface area contributed by atoms with E-state index in [1.54, 1.807) is 34.6 Å². The van der Waals surface area contributed by atoms with Crippen LogP contribution < -0.4 is 26.6 Å². The average Bonchev–Trinajstić information content (AvgIpc) is 3.12. The molecule has 0 spiro atoms.